The van der Waals surface area contributed by atoms with Crippen molar-refractivity contribution in [3.8, 4) is 6.07 Å². The number of esters is 1. The summed E-state index contributed by atoms with van der Waals surface area (Å²) in [5.74, 6) is -4.10. The summed E-state index contributed by atoms with van der Waals surface area (Å²) >= 11 is 0. The summed E-state index contributed by atoms with van der Waals surface area (Å²) in [5, 5.41) is 18.4. The van der Waals surface area contributed by atoms with E-state index in [1.54, 1.807) is 7.05 Å². The molecule has 1 saturated carbocycles. The molecule has 15 nitrogen and oxygen atoms in total. The number of ether oxygens (including phenoxy) is 1. The number of carbonyl (C=O) groups is 7. The molecular weight excluding hydrogens is 815 g/mol. The van der Waals surface area contributed by atoms with Crippen LogP contribution in [0.2, 0.25) is 0 Å². The Morgan fingerprint density at radius 3 is 1.55 bits per heavy atom. The molecule has 364 valence electrons. The van der Waals surface area contributed by atoms with E-state index < -0.39 is 83.8 Å². The molecule has 2 aliphatic rings. The summed E-state index contributed by atoms with van der Waals surface area (Å²) in [5.41, 5.74) is 0. The van der Waals surface area contributed by atoms with Gasteiger partial charge in [0.2, 0.25) is 29.5 Å². The molecule has 0 spiro atoms. The molecule has 1 saturated heterocycles. The summed E-state index contributed by atoms with van der Waals surface area (Å²) in [6, 6.07) is -4.39. The number of nitriles is 1. The van der Waals surface area contributed by atoms with Gasteiger partial charge >= 0.3 is 5.97 Å². The Hall–Kier alpha value is -4.22. The summed E-state index contributed by atoms with van der Waals surface area (Å²) < 4.78 is 5.80. The molecule has 0 aromatic carbocycles. The fourth-order valence-corrected chi connectivity index (χ4v) is 9.04. The van der Waals surface area contributed by atoms with Crippen LogP contribution in [-0.4, -0.2) is 120 Å². The molecule has 6 unspecified atom stereocenters. The third-order valence-electron chi connectivity index (χ3n) is 13.2. The van der Waals surface area contributed by atoms with Gasteiger partial charge < -0.3 is 35.4 Å². The molecule has 0 aromatic heterocycles. The van der Waals surface area contributed by atoms with Crippen LogP contribution in [0.25, 0.3) is 0 Å². The first-order chi connectivity index (χ1) is 30.2. The number of carbonyl (C=O) groups excluding carboxylic acids is 7. The van der Waals surface area contributed by atoms with Gasteiger partial charge in [0.25, 0.3) is 5.91 Å². The van der Waals surface area contributed by atoms with Crippen LogP contribution in [-0.2, 0) is 38.3 Å². The van der Waals surface area contributed by atoms with Gasteiger partial charge in [-0.05, 0) is 68.6 Å². The van der Waals surface area contributed by atoms with Crippen molar-refractivity contribution in [3.63, 3.8) is 0 Å². The second kappa shape index (κ2) is 28.0. The average Bonchev–Trinajstić information content (AvgIpc) is 3.77. The molecule has 0 aromatic rings. The summed E-state index contributed by atoms with van der Waals surface area (Å²) in [6.45, 7) is 17.4. The lowest BCUT2D eigenvalue weighted by molar-refractivity contribution is -0.163. The first-order valence-corrected chi connectivity index (χ1v) is 24.4. The number of nitrogens with one attached hydrogen (secondary N) is 3. The number of hydrogen-bond acceptors (Lipinski definition) is 9. The quantitative estimate of drug-likeness (QED) is 0.133. The maximum atomic E-state index is 14.8. The Labute approximate surface area is 385 Å². The van der Waals surface area contributed by atoms with Gasteiger partial charge in [0.1, 0.15) is 36.3 Å². The van der Waals surface area contributed by atoms with E-state index in [9.17, 15) is 38.8 Å². The molecule has 1 aliphatic carbocycles. The highest BCUT2D eigenvalue weighted by Gasteiger charge is 2.41. The maximum Gasteiger partial charge on any atom is 0.329 e. The van der Waals surface area contributed by atoms with Crippen LogP contribution >= 0.6 is 0 Å². The van der Waals surface area contributed by atoms with E-state index in [1.165, 1.54) is 35.7 Å². The third-order valence-corrected chi connectivity index (χ3v) is 13.2. The molecule has 3 N–H and O–H groups in total. The van der Waals surface area contributed by atoms with Crippen molar-refractivity contribution in [2.24, 2.45) is 29.6 Å². The Morgan fingerprint density at radius 2 is 1.08 bits per heavy atom. The van der Waals surface area contributed by atoms with Crippen LogP contribution in [0, 0.1) is 40.9 Å². The van der Waals surface area contributed by atoms with Gasteiger partial charge in [-0.25, -0.2) is 4.79 Å². The molecule has 64 heavy (non-hydrogen) atoms. The highest BCUT2D eigenvalue weighted by molar-refractivity contribution is 5.97. The van der Waals surface area contributed by atoms with Gasteiger partial charge in [-0.3, -0.25) is 28.8 Å². The lowest BCUT2D eigenvalue weighted by Gasteiger charge is -2.36. The van der Waals surface area contributed by atoms with E-state index in [2.05, 4.69) is 29.8 Å². The van der Waals surface area contributed by atoms with E-state index >= 15 is 0 Å². The highest BCUT2D eigenvalue weighted by atomic mass is 16.5. The van der Waals surface area contributed by atoms with E-state index in [4.69, 9.17) is 4.74 Å². The van der Waals surface area contributed by atoms with Gasteiger partial charge in [-0.1, -0.05) is 120 Å². The topological polar surface area (TPSA) is 198 Å². The Balaban J connectivity index is 2.86. The van der Waals surface area contributed by atoms with Gasteiger partial charge in [-0.2, -0.15) is 5.26 Å². The van der Waals surface area contributed by atoms with E-state index in [1.807, 2.05) is 47.6 Å². The minimum Gasteiger partial charge on any atom is -0.451 e. The molecule has 0 bridgehead atoms. The van der Waals surface area contributed by atoms with Crippen molar-refractivity contribution in [1.82, 2.24) is 30.7 Å². The van der Waals surface area contributed by atoms with Gasteiger partial charge in [0.05, 0.1) is 6.07 Å². The second-order valence-electron chi connectivity index (χ2n) is 20.0. The number of likely N-dealkylation sites (N-methyl/N-ethyl adjacent to an activating group) is 3. The predicted molar refractivity (Wildman–Crippen MR) is 248 cm³/mol. The highest BCUT2D eigenvalue weighted by Crippen LogP contribution is 2.31. The van der Waals surface area contributed by atoms with Gasteiger partial charge in [0, 0.05) is 34.0 Å². The van der Waals surface area contributed by atoms with Crippen LogP contribution in [0.4, 0.5) is 0 Å². The second-order valence-corrected chi connectivity index (χ2v) is 20.0. The number of unbranched alkanes of at least 4 members (excludes halogenated alkanes) is 2. The standard InChI is InChI=1S/C49H85N7O8/c1-13-15-20-33(7)28-38-46(60)54(10)35(9)49(63)64-42(24-19-25-50)45(59)53-39(29-34(8)21-16-14-2)48(62)55(11)40(27-32(5)6)43(57)51-37(26-31(3)4)47(61)56(12)41(44(58)52-38)30-36-22-17-18-23-36/h31-42H,13-24,26-30H2,1-12H3,(H,51,57)(H,52,58)(H,53,59)/t33-,34-,35+,37?,38?,39?,40?,41?,42?/m1/s1. The van der Waals surface area contributed by atoms with Crippen molar-refractivity contribution in [2.75, 3.05) is 21.1 Å². The zero-order chi connectivity index (χ0) is 48.3. The monoisotopic (exact) mass is 900 g/mol. The lowest BCUT2D eigenvalue weighted by Crippen LogP contribution is -2.60. The molecule has 1 aliphatic heterocycles. The number of cyclic esters (lactones) is 1. The molecule has 1 heterocycles. The molecular formula is C49H85N7O8. The summed E-state index contributed by atoms with van der Waals surface area (Å²) in [6.07, 6.45) is 8.77. The fraction of sp³-hybridized carbons (Fsp3) is 0.837. The minimum absolute atomic E-state index is 0.0102. The van der Waals surface area contributed by atoms with Crippen molar-refractivity contribution in [1.29, 1.82) is 5.26 Å². The van der Waals surface area contributed by atoms with Gasteiger partial charge in [-0.15, -0.1) is 0 Å². The van der Waals surface area contributed by atoms with Crippen LogP contribution in [0.5, 0.6) is 0 Å². The van der Waals surface area contributed by atoms with Crippen molar-refractivity contribution < 1.29 is 38.3 Å². The largest absolute Gasteiger partial charge is 0.451 e. The maximum absolute atomic E-state index is 14.8. The molecule has 6 amide bonds. The SMILES string of the molecule is CCCC[C@@H](C)CC1NC(=O)C(CCC#N)OC(=O)[C@H](C)N(C)C(=O)C(C[C@H](C)CCCC)NC(=O)C(CC2CCCC2)N(C)C(=O)C(CC(C)C)NC(=O)C(CC(C)C)N(C)C1=O. The Morgan fingerprint density at radius 1 is 0.641 bits per heavy atom. The Kier molecular flexibility index (Phi) is 24.4. The number of hydrogen-bond donors (Lipinski definition) is 3. The number of nitrogens with zero attached hydrogens (tertiary/aromatic N) is 4. The lowest BCUT2D eigenvalue weighted by atomic mass is 9.93. The molecule has 0 radical (unpaired) electrons. The average molecular weight is 900 g/mol. The van der Waals surface area contributed by atoms with Crippen LogP contribution in [0.1, 0.15) is 171 Å². The zero-order valence-electron chi connectivity index (χ0n) is 41.5. The number of rotatable bonds is 18. The van der Waals surface area contributed by atoms with Crippen LogP contribution in [0.3, 0.4) is 0 Å². The van der Waals surface area contributed by atoms with Crippen LogP contribution in [0.15, 0.2) is 0 Å². The van der Waals surface area contributed by atoms with Crippen LogP contribution < -0.4 is 16.0 Å². The fourth-order valence-electron chi connectivity index (χ4n) is 9.04. The van der Waals surface area contributed by atoms with Gasteiger partial charge in [0.15, 0.2) is 6.10 Å². The molecule has 15 heteroatoms. The third kappa shape index (κ3) is 17.6. The van der Waals surface area contributed by atoms with E-state index in [0.717, 1.165) is 64.2 Å². The number of amides is 6. The summed E-state index contributed by atoms with van der Waals surface area (Å²) in [4.78, 5) is 105. The van der Waals surface area contributed by atoms with E-state index in [-0.39, 0.29) is 68.1 Å². The predicted octanol–water partition coefficient (Wildman–Crippen LogP) is 6.28. The summed E-state index contributed by atoms with van der Waals surface area (Å²) in [7, 11) is 4.55. The smallest absolute Gasteiger partial charge is 0.329 e. The Bertz CT molecular complexity index is 1580. The molecule has 2 rings (SSSR count). The molecule has 9 atom stereocenters. The zero-order valence-corrected chi connectivity index (χ0v) is 41.5. The van der Waals surface area contributed by atoms with Crippen molar-refractivity contribution >= 4 is 41.4 Å². The van der Waals surface area contributed by atoms with Crippen molar-refractivity contribution in [3.05, 3.63) is 0 Å². The first kappa shape index (κ1) is 55.9. The molecule has 2 fully saturated rings. The van der Waals surface area contributed by atoms with E-state index in [0.29, 0.717) is 6.42 Å². The first-order valence-electron chi connectivity index (χ1n) is 24.4. The minimum atomic E-state index is -1.47. The normalized spacial score (nSPS) is 26.6. The van der Waals surface area contributed by atoms with Crippen molar-refractivity contribution in [2.45, 2.75) is 214 Å².